The van der Waals surface area contributed by atoms with Crippen LogP contribution < -0.4 is 10.6 Å². The molecule has 2 aromatic rings. The van der Waals surface area contributed by atoms with Crippen LogP contribution in [0.1, 0.15) is 13.8 Å². The van der Waals surface area contributed by atoms with E-state index in [-0.39, 0.29) is 0 Å². The topological polar surface area (TPSA) is 83.8 Å². The van der Waals surface area contributed by atoms with Crippen molar-refractivity contribution in [1.29, 1.82) is 0 Å². The van der Waals surface area contributed by atoms with Crippen LogP contribution in [-0.2, 0) is 0 Å². The second kappa shape index (κ2) is 7.53. The molecule has 21 heavy (non-hydrogen) atoms. The zero-order valence-corrected chi connectivity index (χ0v) is 12.7. The molecule has 2 aromatic heterocycles. The van der Waals surface area contributed by atoms with E-state index in [0.717, 1.165) is 26.2 Å². The lowest BCUT2D eigenvalue weighted by atomic mass is 10.4. The summed E-state index contributed by atoms with van der Waals surface area (Å²) in [5.41, 5.74) is 0. The number of nitrogens with zero attached hydrogens (tertiary/aromatic N) is 6. The summed E-state index contributed by atoms with van der Waals surface area (Å²) in [7, 11) is 1.78. The smallest absolute Gasteiger partial charge is 0.241 e. The first-order valence-electron chi connectivity index (χ1n) is 7.15. The Morgan fingerprint density at radius 2 is 1.90 bits per heavy atom. The number of imidazole rings is 1. The predicted octanol–water partition coefficient (Wildman–Crippen LogP) is 0.853. The predicted molar refractivity (Wildman–Crippen MR) is 82.8 cm³/mol. The van der Waals surface area contributed by atoms with Crippen LogP contribution in [0.25, 0.3) is 5.95 Å². The van der Waals surface area contributed by atoms with Crippen LogP contribution in [0, 0.1) is 0 Å². The Bertz CT molecular complexity index is 535. The minimum atomic E-state index is 0.527. The van der Waals surface area contributed by atoms with Crippen molar-refractivity contribution in [2.24, 2.45) is 0 Å². The van der Waals surface area contributed by atoms with E-state index in [0.29, 0.717) is 17.8 Å². The largest absolute Gasteiger partial charge is 0.357 e. The summed E-state index contributed by atoms with van der Waals surface area (Å²) in [5.74, 6) is 1.63. The van der Waals surface area contributed by atoms with E-state index < -0.39 is 0 Å². The van der Waals surface area contributed by atoms with Gasteiger partial charge in [0.2, 0.25) is 17.8 Å². The van der Waals surface area contributed by atoms with Gasteiger partial charge in [0.1, 0.15) is 6.33 Å². The molecular weight excluding hydrogens is 268 g/mol. The van der Waals surface area contributed by atoms with E-state index in [1.807, 2.05) is 0 Å². The summed E-state index contributed by atoms with van der Waals surface area (Å²) >= 11 is 0. The Labute approximate surface area is 124 Å². The van der Waals surface area contributed by atoms with Crippen LogP contribution in [0.2, 0.25) is 0 Å². The van der Waals surface area contributed by atoms with Crippen LogP contribution in [0.5, 0.6) is 0 Å². The molecule has 0 atom stereocenters. The molecule has 2 rings (SSSR count). The fourth-order valence-electron chi connectivity index (χ4n) is 1.91. The molecule has 0 saturated carbocycles. The minimum Gasteiger partial charge on any atom is -0.357 e. The fraction of sp³-hybridized carbons (Fsp3) is 0.538. The first kappa shape index (κ1) is 15.2. The van der Waals surface area contributed by atoms with Gasteiger partial charge in [0.15, 0.2) is 0 Å². The number of rotatable bonds is 8. The Balaban J connectivity index is 2.07. The highest BCUT2D eigenvalue weighted by Crippen LogP contribution is 2.08. The summed E-state index contributed by atoms with van der Waals surface area (Å²) in [6.07, 6.45) is 5.15. The highest BCUT2D eigenvalue weighted by atomic mass is 15.3. The standard InChI is InChI=1S/C13H22N8/c1-4-20(5-2)8-7-16-12-17-11(14-3)18-13(19-12)21-9-6-15-10-21/h6,9-10H,4-5,7-8H2,1-3H3,(H2,14,16,17,18,19). The quantitative estimate of drug-likeness (QED) is 0.745. The van der Waals surface area contributed by atoms with Crippen molar-refractivity contribution in [2.75, 3.05) is 43.9 Å². The highest BCUT2D eigenvalue weighted by Gasteiger charge is 2.07. The average Bonchev–Trinajstić information content (AvgIpc) is 3.05. The van der Waals surface area contributed by atoms with E-state index in [9.17, 15) is 0 Å². The van der Waals surface area contributed by atoms with Crippen LogP contribution in [0.3, 0.4) is 0 Å². The number of hydrogen-bond donors (Lipinski definition) is 2. The van der Waals surface area contributed by atoms with Gasteiger partial charge >= 0.3 is 0 Å². The molecule has 0 aromatic carbocycles. The Hall–Kier alpha value is -2.22. The maximum Gasteiger partial charge on any atom is 0.241 e. The van der Waals surface area contributed by atoms with Crippen LogP contribution >= 0.6 is 0 Å². The maximum atomic E-state index is 4.40. The molecule has 0 aliphatic rings. The van der Waals surface area contributed by atoms with Gasteiger partial charge in [-0.1, -0.05) is 13.8 Å². The molecule has 0 aliphatic heterocycles. The minimum absolute atomic E-state index is 0.527. The molecule has 0 amide bonds. The van der Waals surface area contributed by atoms with Gasteiger partial charge in [-0.05, 0) is 13.1 Å². The maximum absolute atomic E-state index is 4.40. The first-order valence-corrected chi connectivity index (χ1v) is 7.15. The third-order valence-electron chi connectivity index (χ3n) is 3.19. The molecule has 0 spiro atoms. The summed E-state index contributed by atoms with van der Waals surface area (Å²) < 4.78 is 1.75. The molecule has 0 unspecified atom stereocenters. The van der Waals surface area contributed by atoms with Gasteiger partial charge in [0, 0.05) is 32.5 Å². The normalized spacial score (nSPS) is 10.9. The van der Waals surface area contributed by atoms with Crippen molar-refractivity contribution in [2.45, 2.75) is 13.8 Å². The molecular formula is C13H22N8. The molecule has 0 bridgehead atoms. The Kier molecular flexibility index (Phi) is 5.44. The monoisotopic (exact) mass is 290 g/mol. The van der Waals surface area contributed by atoms with Crippen LogP contribution in [0.15, 0.2) is 18.7 Å². The number of aromatic nitrogens is 5. The lowest BCUT2D eigenvalue weighted by molar-refractivity contribution is 0.316. The van der Waals surface area contributed by atoms with Crippen molar-refractivity contribution < 1.29 is 0 Å². The van der Waals surface area contributed by atoms with E-state index in [1.165, 1.54) is 0 Å². The van der Waals surface area contributed by atoms with Crippen molar-refractivity contribution >= 4 is 11.9 Å². The molecule has 8 heteroatoms. The van der Waals surface area contributed by atoms with Gasteiger partial charge in [0.05, 0.1) is 0 Å². The van der Waals surface area contributed by atoms with Gasteiger partial charge in [-0.2, -0.15) is 15.0 Å². The van der Waals surface area contributed by atoms with E-state index >= 15 is 0 Å². The Morgan fingerprint density at radius 1 is 1.14 bits per heavy atom. The summed E-state index contributed by atoms with van der Waals surface area (Å²) in [4.78, 5) is 19.4. The van der Waals surface area contributed by atoms with Gasteiger partial charge in [-0.15, -0.1) is 0 Å². The third-order valence-corrected chi connectivity index (χ3v) is 3.19. The van der Waals surface area contributed by atoms with E-state index in [2.05, 4.69) is 49.3 Å². The van der Waals surface area contributed by atoms with Crippen molar-refractivity contribution in [1.82, 2.24) is 29.4 Å². The number of likely N-dealkylation sites (N-methyl/N-ethyl adjacent to an activating group) is 1. The van der Waals surface area contributed by atoms with Gasteiger partial charge in [-0.3, -0.25) is 4.57 Å². The van der Waals surface area contributed by atoms with Gasteiger partial charge in [0.25, 0.3) is 0 Å². The van der Waals surface area contributed by atoms with Crippen molar-refractivity contribution in [3.05, 3.63) is 18.7 Å². The van der Waals surface area contributed by atoms with E-state index in [4.69, 9.17) is 0 Å². The molecule has 2 heterocycles. The first-order chi connectivity index (χ1) is 10.3. The molecule has 0 fully saturated rings. The number of hydrogen-bond acceptors (Lipinski definition) is 7. The van der Waals surface area contributed by atoms with Gasteiger partial charge in [-0.25, -0.2) is 4.98 Å². The lowest BCUT2D eigenvalue weighted by Gasteiger charge is -2.18. The molecule has 8 nitrogen and oxygen atoms in total. The number of anilines is 2. The average molecular weight is 290 g/mol. The third kappa shape index (κ3) is 4.12. The zero-order valence-electron chi connectivity index (χ0n) is 12.7. The molecule has 2 N–H and O–H groups in total. The summed E-state index contributed by atoms with van der Waals surface area (Å²) in [6.45, 7) is 8.13. The fourth-order valence-corrected chi connectivity index (χ4v) is 1.91. The molecule has 114 valence electrons. The summed E-state index contributed by atoms with van der Waals surface area (Å²) in [5, 5.41) is 6.19. The number of nitrogens with one attached hydrogen (secondary N) is 2. The summed E-state index contributed by atoms with van der Waals surface area (Å²) in [6, 6.07) is 0. The zero-order chi connectivity index (χ0) is 15.1. The molecule has 0 radical (unpaired) electrons. The molecule has 0 aliphatic carbocycles. The Morgan fingerprint density at radius 3 is 2.52 bits per heavy atom. The molecule has 0 saturated heterocycles. The lowest BCUT2D eigenvalue weighted by Crippen LogP contribution is -2.29. The highest BCUT2D eigenvalue weighted by molar-refractivity contribution is 5.37. The SMILES string of the molecule is CCN(CC)CCNc1nc(NC)nc(-n2ccnc2)n1. The van der Waals surface area contributed by atoms with Crippen LogP contribution in [-0.4, -0.2) is 62.6 Å². The van der Waals surface area contributed by atoms with E-state index in [1.54, 1.807) is 30.3 Å². The van der Waals surface area contributed by atoms with Crippen molar-refractivity contribution in [3.63, 3.8) is 0 Å². The second-order valence-corrected chi connectivity index (χ2v) is 4.46. The van der Waals surface area contributed by atoms with Crippen LogP contribution in [0.4, 0.5) is 11.9 Å². The van der Waals surface area contributed by atoms with Crippen molar-refractivity contribution in [3.8, 4) is 5.95 Å². The van der Waals surface area contributed by atoms with Gasteiger partial charge < -0.3 is 15.5 Å². The second-order valence-electron chi connectivity index (χ2n) is 4.46.